The van der Waals surface area contributed by atoms with Gasteiger partial charge in [-0.05, 0) is 43.9 Å². The number of carboxylic acid groups (broad SMARTS) is 1. The summed E-state index contributed by atoms with van der Waals surface area (Å²) in [4.78, 5) is 39.8. The number of likely N-dealkylation sites (tertiary alicyclic amines) is 2. The molecule has 0 saturated carbocycles. The average molecular weight is 316 g/mol. The second-order valence-electron chi connectivity index (χ2n) is 6.07. The van der Waals surface area contributed by atoms with Crippen LogP contribution in [-0.4, -0.2) is 58.4 Å². The molecule has 2 heterocycles. The Morgan fingerprint density at radius 3 is 2.39 bits per heavy atom. The van der Waals surface area contributed by atoms with Crippen molar-refractivity contribution in [3.8, 4) is 0 Å². The molecule has 0 unspecified atom stereocenters. The average Bonchev–Trinajstić information content (AvgIpc) is 3.25. The van der Waals surface area contributed by atoms with E-state index in [2.05, 4.69) is 0 Å². The molecule has 2 aliphatic heterocycles. The second kappa shape index (κ2) is 6.40. The minimum atomic E-state index is -1.06. The fourth-order valence-electron chi connectivity index (χ4n) is 3.37. The predicted molar refractivity (Wildman–Crippen MR) is 83.3 cm³/mol. The molecule has 1 aromatic rings. The summed E-state index contributed by atoms with van der Waals surface area (Å²) >= 11 is 0. The van der Waals surface area contributed by atoms with E-state index in [0.29, 0.717) is 18.5 Å². The first-order chi connectivity index (χ1) is 11.1. The lowest BCUT2D eigenvalue weighted by Gasteiger charge is -2.27. The summed E-state index contributed by atoms with van der Waals surface area (Å²) in [5.41, 5.74) is 0.406. The summed E-state index contributed by atoms with van der Waals surface area (Å²) < 4.78 is 0. The zero-order valence-corrected chi connectivity index (χ0v) is 12.9. The first-order valence-electron chi connectivity index (χ1n) is 8.01. The second-order valence-corrected chi connectivity index (χ2v) is 6.07. The van der Waals surface area contributed by atoms with Crippen molar-refractivity contribution in [2.24, 2.45) is 0 Å². The molecule has 6 heteroatoms. The van der Waals surface area contributed by atoms with Crippen LogP contribution in [0.1, 0.15) is 46.4 Å². The van der Waals surface area contributed by atoms with E-state index in [9.17, 15) is 14.4 Å². The van der Waals surface area contributed by atoms with Crippen molar-refractivity contribution in [1.29, 1.82) is 0 Å². The molecule has 6 nitrogen and oxygen atoms in total. The Bertz CT molecular complexity index is 637. The zero-order valence-electron chi connectivity index (χ0n) is 12.9. The number of hydrogen-bond donors (Lipinski definition) is 1. The van der Waals surface area contributed by atoms with Crippen molar-refractivity contribution >= 4 is 17.8 Å². The number of benzene rings is 1. The van der Waals surface area contributed by atoms with Crippen molar-refractivity contribution in [3.63, 3.8) is 0 Å². The van der Waals surface area contributed by atoms with Gasteiger partial charge < -0.3 is 14.9 Å². The highest BCUT2D eigenvalue weighted by Crippen LogP contribution is 2.24. The first kappa shape index (κ1) is 15.5. The van der Waals surface area contributed by atoms with Crippen molar-refractivity contribution in [2.75, 3.05) is 19.6 Å². The Labute approximate surface area is 134 Å². The Balaban J connectivity index is 1.79. The van der Waals surface area contributed by atoms with E-state index in [4.69, 9.17) is 5.11 Å². The van der Waals surface area contributed by atoms with E-state index < -0.39 is 12.0 Å². The zero-order chi connectivity index (χ0) is 16.4. The first-order valence-corrected chi connectivity index (χ1v) is 8.01. The quantitative estimate of drug-likeness (QED) is 0.919. The molecule has 2 fully saturated rings. The van der Waals surface area contributed by atoms with E-state index in [-0.39, 0.29) is 17.4 Å². The van der Waals surface area contributed by atoms with Crippen molar-refractivity contribution in [3.05, 3.63) is 35.4 Å². The van der Waals surface area contributed by atoms with Gasteiger partial charge in [-0.3, -0.25) is 9.59 Å². The third-order valence-electron chi connectivity index (χ3n) is 4.57. The summed E-state index contributed by atoms with van der Waals surface area (Å²) in [5, 5.41) is 9.05. The van der Waals surface area contributed by atoms with Gasteiger partial charge in [0.25, 0.3) is 5.91 Å². The predicted octanol–water partition coefficient (Wildman–Crippen LogP) is 1.61. The van der Waals surface area contributed by atoms with Crippen LogP contribution in [-0.2, 0) is 4.79 Å². The van der Waals surface area contributed by atoms with E-state index >= 15 is 0 Å². The van der Waals surface area contributed by atoms with E-state index in [1.54, 1.807) is 17.0 Å². The number of carboxylic acids is 1. The Kier molecular flexibility index (Phi) is 4.32. The molecule has 0 spiro atoms. The van der Waals surface area contributed by atoms with E-state index in [1.165, 1.54) is 12.1 Å². The number of amides is 2. The van der Waals surface area contributed by atoms with E-state index in [1.807, 2.05) is 4.90 Å². The van der Waals surface area contributed by atoms with Crippen LogP contribution in [0.5, 0.6) is 0 Å². The summed E-state index contributed by atoms with van der Waals surface area (Å²) in [6.07, 6.45) is 3.52. The van der Waals surface area contributed by atoms with Gasteiger partial charge >= 0.3 is 5.97 Å². The lowest BCUT2D eigenvalue weighted by molar-refractivity contribution is -0.134. The lowest BCUT2D eigenvalue weighted by atomic mass is 10.1. The van der Waals surface area contributed by atoms with Crippen molar-refractivity contribution < 1.29 is 19.5 Å². The highest BCUT2D eigenvalue weighted by Gasteiger charge is 2.37. The molecular weight excluding hydrogens is 296 g/mol. The summed E-state index contributed by atoms with van der Waals surface area (Å²) in [7, 11) is 0. The number of hydrogen-bond acceptors (Lipinski definition) is 3. The number of nitrogens with zero attached hydrogens (tertiary/aromatic N) is 2. The molecule has 1 aromatic carbocycles. The maximum atomic E-state index is 12.7. The highest BCUT2D eigenvalue weighted by molar-refractivity contribution is 6.00. The van der Waals surface area contributed by atoms with Gasteiger partial charge in [-0.15, -0.1) is 0 Å². The molecule has 23 heavy (non-hydrogen) atoms. The maximum Gasteiger partial charge on any atom is 0.335 e. The number of rotatable bonds is 3. The molecule has 0 aromatic heterocycles. The van der Waals surface area contributed by atoms with Gasteiger partial charge in [-0.25, -0.2) is 4.79 Å². The SMILES string of the molecule is O=C(O)c1cccc(C(=O)N2CCC[C@H]2C(=O)N2CCCC2)c1. The van der Waals surface area contributed by atoms with Gasteiger partial charge in [0.05, 0.1) is 5.56 Å². The molecule has 1 N–H and O–H groups in total. The molecule has 2 aliphatic rings. The lowest BCUT2D eigenvalue weighted by Crippen LogP contribution is -2.47. The summed E-state index contributed by atoms with van der Waals surface area (Å²) in [5.74, 6) is -1.29. The maximum absolute atomic E-state index is 12.7. The van der Waals surface area contributed by atoms with Gasteiger partial charge in [-0.2, -0.15) is 0 Å². The van der Waals surface area contributed by atoms with Crippen LogP contribution in [0.2, 0.25) is 0 Å². The van der Waals surface area contributed by atoms with Crippen LogP contribution in [0, 0.1) is 0 Å². The van der Waals surface area contributed by atoms with Crippen LogP contribution in [0.15, 0.2) is 24.3 Å². The number of carbonyl (C=O) groups is 3. The Hall–Kier alpha value is -2.37. The third-order valence-corrected chi connectivity index (χ3v) is 4.57. The van der Waals surface area contributed by atoms with Crippen LogP contribution >= 0.6 is 0 Å². The number of aromatic carboxylic acids is 1. The van der Waals surface area contributed by atoms with Gasteiger partial charge in [0.15, 0.2) is 0 Å². The van der Waals surface area contributed by atoms with E-state index in [0.717, 1.165) is 32.4 Å². The Morgan fingerprint density at radius 1 is 1.00 bits per heavy atom. The molecule has 2 saturated heterocycles. The van der Waals surface area contributed by atoms with Crippen LogP contribution in [0.25, 0.3) is 0 Å². The molecule has 3 rings (SSSR count). The van der Waals surface area contributed by atoms with Gasteiger partial charge in [0, 0.05) is 25.2 Å². The fourth-order valence-corrected chi connectivity index (χ4v) is 3.37. The van der Waals surface area contributed by atoms with Crippen molar-refractivity contribution in [2.45, 2.75) is 31.7 Å². The molecular formula is C17H20N2O4. The summed E-state index contributed by atoms with van der Waals surface area (Å²) in [6.45, 7) is 2.08. The largest absolute Gasteiger partial charge is 0.478 e. The molecule has 1 atom stereocenters. The standard InChI is InChI=1S/C17H20N2O4/c20-15(12-5-3-6-13(11-12)17(22)23)19-10-4-7-14(19)16(21)18-8-1-2-9-18/h3,5-6,11,14H,1-2,4,7-10H2,(H,22,23)/t14-/m0/s1. The molecule has 0 aliphatic carbocycles. The molecule has 122 valence electrons. The van der Waals surface area contributed by atoms with Gasteiger partial charge in [0.2, 0.25) is 5.91 Å². The Morgan fingerprint density at radius 2 is 1.70 bits per heavy atom. The topological polar surface area (TPSA) is 77.9 Å². The van der Waals surface area contributed by atoms with Crippen molar-refractivity contribution in [1.82, 2.24) is 9.80 Å². The normalized spacial score (nSPS) is 20.8. The molecule has 2 amide bonds. The van der Waals surface area contributed by atoms with Gasteiger partial charge in [-0.1, -0.05) is 6.07 Å². The van der Waals surface area contributed by atoms with Crippen LogP contribution < -0.4 is 0 Å². The van der Waals surface area contributed by atoms with Gasteiger partial charge in [0.1, 0.15) is 6.04 Å². The number of carbonyl (C=O) groups excluding carboxylic acids is 2. The highest BCUT2D eigenvalue weighted by atomic mass is 16.4. The minimum Gasteiger partial charge on any atom is -0.478 e. The fraction of sp³-hybridized carbons (Fsp3) is 0.471. The smallest absolute Gasteiger partial charge is 0.335 e. The monoisotopic (exact) mass is 316 g/mol. The molecule has 0 bridgehead atoms. The summed E-state index contributed by atoms with van der Waals surface area (Å²) in [6, 6.07) is 5.58. The van der Waals surface area contributed by atoms with Crippen LogP contribution in [0.3, 0.4) is 0 Å². The van der Waals surface area contributed by atoms with Crippen LogP contribution in [0.4, 0.5) is 0 Å². The third kappa shape index (κ3) is 3.06. The molecule has 0 radical (unpaired) electrons. The minimum absolute atomic E-state index is 0.0303.